The molecule has 8 heteroatoms. The van der Waals surface area contributed by atoms with E-state index in [1.807, 2.05) is 19.2 Å². The lowest BCUT2D eigenvalue weighted by atomic mass is 9.56. The van der Waals surface area contributed by atoms with E-state index in [1.54, 1.807) is 0 Å². The second kappa shape index (κ2) is 6.69. The Kier molecular flexibility index (Phi) is 4.49. The van der Waals surface area contributed by atoms with Crippen LogP contribution in [0.2, 0.25) is 0 Å². The molecule has 2 heterocycles. The summed E-state index contributed by atoms with van der Waals surface area (Å²) in [6.45, 7) is 0. The fourth-order valence-corrected chi connectivity index (χ4v) is 5.67. The summed E-state index contributed by atoms with van der Waals surface area (Å²) < 4.78 is 41.7. The zero-order valence-electron chi connectivity index (χ0n) is 16.2. The van der Waals surface area contributed by atoms with Gasteiger partial charge in [-0.2, -0.15) is 29.0 Å². The van der Waals surface area contributed by atoms with Gasteiger partial charge in [-0.05, 0) is 22.8 Å². The van der Waals surface area contributed by atoms with E-state index in [0.29, 0.717) is 17.6 Å². The molecule has 1 unspecified atom stereocenters. The molecule has 152 valence electrons. The Hall–Kier alpha value is -3.15. The summed E-state index contributed by atoms with van der Waals surface area (Å²) in [6.07, 6.45) is -2.60. The molecule has 2 aliphatic heterocycles. The maximum Gasteiger partial charge on any atom is 0.416 e. The van der Waals surface area contributed by atoms with Crippen molar-refractivity contribution in [1.82, 2.24) is 0 Å². The smallest absolute Gasteiger partial charge is 0.329 e. The van der Waals surface area contributed by atoms with Crippen molar-refractivity contribution in [3.05, 3.63) is 46.5 Å². The Labute approximate surface area is 172 Å². The van der Waals surface area contributed by atoms with Crippen molar-refractivity contribution in [2.24, 2.45) is 11.3 Å². The maximum atomic E-state index is 13.9. The van der Waals surface area contributed by atoms with Crippen LogP contribution in [-0.4, -0.2) is 24.8 Å². The molecular weight excluding hydrogens is 391 g/mol. The van der Waals surface area contributed by atoms with Gasteiger partial charge in [-0.1, -0.05) is 18.2 Å². The number of likely N-dealkylation sites (N-methyl/N-ethyl adjacent to an activating group) is 1. The number of halogens is 3. The summed E-state index contributed by atoms with van der Waals surface area (Å²) in [6, 6.07) is 10.8. The van der Waals surface area contributed by atoms with Crippen LogP contribution in [0.4, 0.5) is 13.2 Å². The number of quaternary nitrogens is 1. The van der Waals surface area contributed by atoms with Gasteiger partial charge in [0, 0.05) is 25.2 Å². The average molecular weight is 410 g/mol. The molecule has 1 aromatic rings. The third kappa shape index (κ3) is 2.52. The predicted molar refractivity (Wildman–Crippen MR) is 100 cm³/mol. The van der Waals surface area contributed by atoms with Crippen LogP contribution in [0.25, 0.3) is 0 Å². The van der Waals surface area contributed by atoms with E-state index in [4.69, 9.17) is 5.41 Å². The van der Waals surface area contributed by atoms with E-state index >= 15 is 0 Å². The Morgan fingerprint density at radius 3 is 2.40 bits per heavy atom. The molecule has 1 aromatic carbocycles. The third-order valence-electron chi connectivity index (χ3n) is 7.07. The van der Waals surface area contributed by atoms with Gasteiger partial charge in [0.1, 0.15) is 12.0 Å². The Morgan fingerprint density at radius 2 is 1.80 bits per heavy atom. The van der Waals surface area contributed by atoms with Crippen molar-refractivity contribution in [3.63, 3.8) is 0 Å². The summed E-state index contributed by atoms with van der Waals surface area (Å²) in [7, 11) is 1.97. The standard InChI is InChI=1S/C22H18F3N5/c1-30-12-6-7-17(30)18-14(8-12)15(9-26)20(29)21(10-27,11-28)19(18)13-4-2-3-5-16(13)22(23,24)25/h2-5,12,15,17,19,29H,6-8H2,1H3/p+1/t12-,15+,17+,19-/m1/s1. The summed E-state index contributed by atoms with van der Waals surface area (Å²) in [5.41, 5.74) is -2.41. The predicted octanol–water partition coefficient (Wildman–Crippen LogP) is 2.74. The highest BCUT2D eigenvalue weighted by atomic mass is 19.4. The van der Waals surface area contributed by atoms with Gasteiger partial charge in [-0.25, -0.2) is 0 Å². The van der Waals surface area contributed by atoms with Crippen LogP contribution in [0.5, 0.6) is 0 Å². The first-order valence-corrected chi connectivity index (χ1v) is 9.74. The fraction of sp³-hybridized carbons (Fsp3) is 0.455. The van der Waals surface area contributed by atoms with Gasteiger partial charge >= 0.3 is 6.18 Å². The highest BCUT2D eigenvalue weighted by Gasteiger charge is 2.61. The highest BCUT2D eigenvalue weighted by Crippen LogP contribution is 2.55. The number of hydrogen-bond acceptors (Lipinski definition) is 4. The number of fused-ring (bicyclic) bond motifs is 3. The first-order chi connectivity index (χ1) is 14.2. The Balaban J connectivity index is 2.09. The molecule has 0 radical (unpaired) electrons. The van der Waals surface area contributed by atoms with E-state index in [0.717, 1.165) is 23.8 Å². The van der Waals surface area contributed by atoms with Crippen molar-refractivity contribution in [3.8, 4) is 18.2 Å². The topological polar surface area (TPSA) is 99.7 Å². The molecule has 0 spiro atoms. The molecule has 1 aliphatic carbocycles. The third-order valence-corrected chi connectivity index (χ3v) is 7.07. The molecule has 5 nitrogen and oxygen atoms in total. The van der Waals surface area contributed by atoms with Crippen molar-refractivity contribution in [1.29, 1.82) is 21.2 Å². The molecule has 0 saturated carbocycles. The lowest BCUT2D eigenvalue weighted by Gasteiger charge is -2.46. The molecular formula is C22H19F3N5+. The summed E-state index contributed by atoms with van der Waals surface area (Å²) in [4.78, 5) is 1.14. The highest BCUT2D eigenvalue weighted by molar-refractivity contribution is 6.01. The average Bonchev–Trinajstić information content (AvgIpc) is 2.95. The van der Waals surface area contributed by atoms with E-state index in [9.17, 15) is 29.0 Å². The van der Waals surface area contributed by atoms with Crippen LogP contribution in [0.1, 0.15) is 36.3 Å². The minimum Gasteiger partial charge on any atom is -0.329 e. The second-order valence-electron chi connectivity index (χ2n) is 8.28. The van der Waals surface area contributed by atoms with Crippen LogP contribution < -0.4 is 4.90 Å². The van der Waals surface area contributed by atoms with Gasteiger partial charge in [-0.15, -0.1) is 0 Å². The van der Waals surface area contributed by atoms with E-state index < -0.39 is 34.7 Å². The van der Waals surface area contributed by atoms with E-state index in [-0.39, 0.29) is 17.6 Å². The molecule has 0 aromatic heterocycles. The normalized spacial score (nSPS) is 32.0. The maximum absolute atomic E-state index is 13.9. The number of hydrogen-bond donors (Lipinski definition) is 2. The molecule has 2 N–H and O–H groups in total. The SMILES string of the molecule is C[NH+]1[C@@H]2CC[C@H]1C1=C(C2)[C@H](C#N)C(=N)C(C#N)(C#N)[C@@H]1c1ccccc1C(F)(F)F. The number of nitrogens with one attached hydrogen (secondary N) is 2. The largest absolute Gasteiger partial charge is 0.416 e. The first-order valence-electron chi connectivity index (χ1n) is 9.74. The molecule has 1 saturated heterocycles. The van der Waals surface area contributed by atoms with Crippen LogP contribution in [0.15, 0.2) is 35.4 Å². The zero-order valence-corrected chi connectivity index (χ0v) is 16.2. The van der Waals surface area contributed by atoms with Crippen molar-refractivity contribution in [2.45, 2.75) is 43.4 Å². The minimum absolute atomic E-state index is 0.167. The van der Waals surface area contributed by atoms with Gasteiger partial charge in [-0.3, -0.25) is 0 Å². The van der Waals surface area contributed by atoms with Crippen molar-refractivity contribution < 1.29 is 18.1 Å². The lowest BCUT2D eigenvalue weighted by molar-refractivity contribution is -0.913. The fourth-order valence-electron chi connectivity index (χ4n) is 5.67. The van der Waals surface area contributed by atoms with Crippen LogP contribution in [0.3, 0.4) is 0 Å². The Morgan fingerprint density at radius 1 is 1.13 bits per heavy atom. The molecule has 30 heavy (non-hydrogen) atoms. The summed E-state index contributed by atoms with van der Waals surface area (Å²) in [5, 5.41) is 38.5. The lowest BCUT2D eigenvalue weighted by Crippen LogP contribution is -3.15. The van der Waals surface area contributed by atoms with Gasteiger partial charge in [0.2, 0.25) is 0 Å². The molecule has 2 bridgehead atoms. The molecule has 1 fully saturated rings. The van der Waals surface area contributed by atoms with E-state index in [1.165, 1.54) is 18.2 Å². The zero-order chi connectivity index (χ0) is 21.8. The van der Waals surface area contributed by atoms with Gasteiger partial charge in [0.25, 0.3) is 0 Å². The minimum atomic E-state index is -4.67. The number of alkyl halides is 3. The van der Waals surface area contributed by atoms with Gasteiger partial charge in [0.15, 0.2) is 5.41 Å². The van der Waals surface area contributed by atoms with Crippen molar-refractivity contribution in [2.75, 3.05) is 7.05 Å². The summed E-state index contributed by atoms with van der Waals surface area (Å²) >= 11 is 0. The molecule has 0 amide bonds. The quantitative estimate of drug-likeness (QED) is 0.697. The molecule has 4 rings (SSSR count). The van der Waals surface area contributed by atoms with Crippen LogP contribution in [0, 0.1) is 50.7 Å². The second-order valence-corrected chi connectivity index (χ2v) is 8.28. The van der Waals surface area contributed by atoms with Crippen LogP contribution in [-0.2, 0) is 6.18 Å². The number of nitriles is 3. The van der Waals surface area contributed by atoms with Crippen LogP contribution >= 0.6 is 0 Å². The van der Waals surface area contributed by atoms with Crippen molar-refractivity contribution >= 4 is 5.71 Å². The van der Waals surface area contributed by atoms with Gasteiger partial charge < -0.3 is 10.3 Å². The monoisotopic (exact) mass is 410 g/mol. The number of nitrogens with zero attached hydrogens (tertiary/aromatic N) is 3. The van der Waals surface area contributed by atoms with Gasteiger partial charge in [0.05, 0.1) is 42.6 Å². The molecule has 3 aliphatic rings. The Bertz CT molecular complexity index is 1070. The van der Waals surface area contributed by atoms with E-state index in [2.05, 4.69) is 6.07 Å². The summed E-state index contributed by atoms with van der Waals surface area (Å²) in [5.74, 6) is -2.28. The number of benzene rings is 1. The molecule has 5 atom stereocenters. The first kappa shape index (κ1) is 20.1. The number of rotatable bonds is 1.